The minimum absolute atomic E-state index is 0.201. The Balaban J connectivity index is 1.97. The molecule has 9 nitrogen and oxygen atoms in total. The summed E-state index contributed by atoms with van der Waals surface area (Å²) in [5, 5.41) is 52.6. The molecule has 1 rings (SSSR count). The third kappa shape index (κ3) is 22.6. The lowest BCUT2D eigenvalue weighted by molar-refractivity contribution is -0.302. The van der Waals surface area contributed by atoms with Crippen LogP contribution in [0.1, 0.15) is 174 Å². The molecule has 1 heterocycles. The summed E-state index contributed by atoms with van der Waals surface area (Å²) in [5.41, 5.74) is 0. The molecule has 0 saturated carbocycles. The van der Waals surface area contributed by atoms with Crippen molar-refractivity contribution in [1.29, 1.82) is 0 Å². The van der Waals surface area contributed by atoms with Gasteiger partial charge in [-0.05, 0) is 12.8 Å². The van der Waals surface area contributed by atoms with Gasteiger partial charge in [0.25, 0.3) is 0 Å². The van der Waals surface area contributed by atoms with Crippen LogP contribution in [-0.4, -0.2) is 87.5 Å². The summed E-state index contributed by atoms with van der Waals surface area (Å²) in [6.07, 6.45) is 29.1. The second kappa shape index (κ2) is 30.7. The Kier molecular flexibility index (Phi) is 28.8. The van der Waals surface area contributed by atoms with Gasteiger partial charge in [0.05, 0.1) is 25.4 Å². The minimum Gasteiger partial charge on any atom is -0.394 e. The number of aliphatic hydroxyl groups is 5. The summed E-state index contributed by atoms with van der Waals surface area (Å²) in [5.74, 6) is -0.352. The van der Waals surface area contributed by atoms with Crippen LogP contribution in [0.4, 0.5) is 0 Å². The molecule has 9 heteroatoms. The third-order valence-electron chi connectivity index (χ3n) is 9.65. The Labute approximate surface area is 293 Å². The number of aliphatic hydroxyl groups excluding tert-OH is 5. The lowest BCUT2D eigenvalue weighted by Crippen LogP contribution is -2.60. The molecule has 1 aliphatic rings. The van der Waals surface area contributed by atoms with Crippen LogP contribution >= 0.6 is 0 Å². The number of allylic oxidation sites excluding steroid dienone is 1. The number of carbonyl (C=O) groups excluding carboxylic acids is 1. The molecule has 0 aromatic carbocycles. The molecule has 6 N–H and O–H groups in total. The molecule has 0 spiro atoms. The van der Waals surface area contributed by atoms with Crippen molar-refractivity contribution >= 4 is 5.91 Å². The molecular formula is C39H75NO8. The van der Waals surface area contributed by atoms with Crippen LogP contribution in [0, 0.1) is 0 Å². The van der Waals surface area contributed by atoms with E-state index in [0.717, 1.165) is 19.3 Å². The SMILES string of the molecule is CCCCCCCCCCCCCCCCCCCCCCCCCC/C=C/C(O)C(COC1OC(CO)C(O)C(O)C1O)NC(C)=O. The van der Waals surface area contributed by atoms with Gasteiger partial charge in [0, 0.05) is 6.92 Å². The smallest absolute Gasteiger partial charge is 0.217 e. The van der Waals surface area contributed by atoms with E-state index in [9.17, 15) is 30.3 Å². The van der Waals surface area contributed by atoms with Gasteiger partial charge in [0.15, 0.2) is 6.29 Å². The number of rotatable bonds is 32. The van der Waals surface area contributed by atoms with Gasteiger partial charge >= 0.3 is 0 Å². The van der Waals surface area contributed by atoms with Gasteiger partial charge in [-0.25, -0.2) is 0 Å². The summed E-state index contributed by atoms with van der Waals surface area (Å²) in [6.45, 7) is 2.85. The van der Waals surface area contributed by atoms with Gasteiger partial charge in [-0.15, -0.1) is 0 Å². The van der Waals surface area contributed by atoms with Gasteiger partial charge < -0.3 is 40.3 Å². The molecule has 1 fully saturated rings. The van der Waals surface area contributed by atoms with E-state index < -0.39 is 49.5 Å². The van der Waals surface area contributed by atoms with Crippen LogP contribution in [0.25, 0.3) is 0 Å². The molecule has 0 bridgehead atoms. The molecular weight excluding hydrogens is 610 g/mol. The molecule has 0 aromatic heterocycles. The highest BCUT2D eigenvalue weighted by molar-refractivity contribution is 5.73. The molecule has 0 aliphatic carbocycles. The predicted octanol–water partition coefficient (Wildman–Crippen LogP) is 7.00. The standard InChI is InChI=1S/C39H75NO8/c1-3-4-5-6-7-8-9-10-11-12-13-14-15-16-17-18-19-20-21-22-23-24-25-26-27-28-29-34(43)33(40-32(2)42)31-47-39-38(46)37(45)36(44)35(30-41)48-39/h28-29,33-39,41,43-46H,3-27,30-31H2,1-2H3,(H,40,42)/b29-28+. The molecule has 48 heavy (non-hydrogen) atoms. The van der Waals surface area contributed by atoms with Crippen molar-refractivity contribution in [2.75, 3.05) is 13.2 Å². The van der Waals surface area contributed by atoms with E-state index in [2.05, 4.69) is 12.2 Å². The first-order valence-corrected chi connectivity index (χ1v) is 19.9. The second-order valence-electron chi connectivity index (χ2n) is 14.2. The first-order valence-electron chi connectivity index (χ1n) is 19.9. The highest BCUT2D eigenvalue weighted by Crippen LogP contribution is 2.22. The molecule has 0 aromatic rings. The highest BCUT2D eigenvalue weighted by atomic mass is 16.7. The Morgan fingerprint density at radius 1 is 0.688 bits per heavy atom. The van der Waals surface area contributed by atoms with Crippen LogP contribution in [0.5, 0.6) is 0 Å². The largest absolute Gasteiger partial charge is 0.394 e. The minimum atomic E-state index is -1.56. The normalized spacial score (nSPS) is 22.7. The van der Waals surface area contributed by atoms with Crippen molar-refractivity contribution in [3.63, 3.8) is 0 Å². The molecule has 1 amide bonds. The fourth-order valence-electron chi connectivity index (χ4n) is 6.48. The average molecular weight is 686 g/mol. The summed E-state index contributed by atoms with van der Waals surface area (Å²) < 4.78 is 10.9. The van der Waals surface area contributed by atoms with Crippen LogP contribution in [0.2, 0.25) is 0 Å². The molecule has 7 unspecified atom stereocenters. The van der Waals surface area contributed by atoms with Crippen molar-refractivity contribution < 1.29 is 39.8 Å². The van der Waals surface area contributed by atoms with E-state index in [4.69, 9.17) is 9.47 Å². The highest BCUT2D eigenvalue weighted by Gasteiger charge is 2.44. The maximum atomic E-state index is 11.7. The molecule has 0 radical (unpaired) electrons. The van der Waals surface area contributed by atoms with Crippen molar-refractivity contribution in [3.05, 3.63) is 12.2 Å². The van der Waals surface area contributed by atoms with E-state index in [0.29, 0.717) is 0 Å². The first-order chi connectivity index (χ1) is 23.3. The van der Waals surface area contributed by atoms with Crippen LogP contribution in [0.3, 0.4) is 0 Å². The van der Waals surface area contributed by atoms with E-state index in [1.807, 2.05) is 6.08 Å². The number of amides is 1. The number of hydrogen-bond donors (Lipinski definition) is 6. The monoisotopic (exact) mass is 686 g/mol. The van der Waals surface area contributed by atoms with Crippen LogP contribution < -0.4 is 5.32 Å². The zero-order valence-electron chi connectivity index (χ0n) is 30.7. The van der Waals surface area contributed by atoms with Crippen molar-refractivity contribution in [3.8, 4) is 0 Å². The third-order valence-corrected chi connectivity index (χ3v) is 9.65. The Morgan fingerprint density at radius 3 is 1.50 bits per heavy atom. The Bertz CT molecular complexity index is 766. The maximum Gasteiger partial charge on any atom is 0.217 e. The summed E-state index contributed by atoms with van der Waals surface area (Å²) in [4.78, 5) is 11.7. The topological polar surface area (TPSA) is 149 Å². The summed E-state index contributed by atoms with van der Waals surface area (Å²) >= 11 is 0. The zero-order valence-corrected chi connectivity index (χ0v) is 30.7. The van der Waals surface area contributed by atoms with Gasteiger partial charge in [0.2, 0.25) is 5.91 Å². The number of unbranched alkanes of at least 4 members (excludes halogenated alkanes) is 24. The predicted molar refractivity (Wildman–Crippen MR) is 194 cm³/mol. The number of ether oxygens (including phenoxy) is 2. The van der Waals surface area contributed by atoms with Gasteiger partial charge in [-0.1, -0.05) is 167 Å². The fraction of sp³-hybridized carbons (Fsp3) is 0.923. The average Bonchev–Trinajstić information content (AvgIpc) is 3.07. The molecule has 7 atom stereocenters. The van der Waals surface area contributed by atoms with Crippen molar-refractivity contribution in [2.45, 2.75) is 217 Å². The molecule has 1 saturated heterocycles. The fourth-order valence-corrected chi connectivity index (χ4v) is 6.48. The van der Waals surface area contributed by atoms with Crippen LogP contribution in [-0.2, 0) is 14.3 Å². The summed E-state index contributed by atoms with van der Waals surface area (Å²) in [7, 11) is 0. The number of nitrogens with one attached hydrogen (secondary N) is 1. The molecule has 1 aliphatic heterocycles. The van der Waals surface area contributed by atoms with Gasteiger partial charge in [0.1, 0.15) is 24.4 Å². The number of hydrogen-bond acceptors (Lipinski definition) is 8. The van der Waals surface area contributed by atoms with E-state index >= 15 is 0 Å². The van der Waals surface area contributed by atoms with E-state index in [1.54, 1.807) is 6.08 Å². The zero-order chi connectivity index (χ0) is 35.2. The lowest BCUT2D eigenvalue weighted by Gasteiger charge is -2.40. The molecule has 284 valence electrons. The Hall–Kier alpha value is -1.07. The van der Waals surface area contributed by atoms with Crippen LogP contribution in [0.15, 0.2) is 12.2 Å². The second-order valence-corrected chi connectivity index (χ2v) is 14.2. The lowest BCUT2D eigenvalue weighted by atomic mass is 9.99. The maximum absolute atomic E-state index is 11.7. The van der Waals surface area contributed by atoms with E-state index in [-0.39, 0.29) is 12.5 Å². The van der Waals surface area contributed by atoms with Gasteiger partial charge in [-0.2, -0.15) is 0 Å². The van der Waals surface area contributed by atoms with Gasteiger partial charge in [-0.3, -0.25) is 4.79 Å². The van der Waals surface area contributed by atoms with E-state index in [1.165, 1.54) is 148 Å². The Morgan fingerprint density at radius 2 is 1.10 bits per heavy atom. The van der Waals surface area contributed by atoms with Crippen molar-refractivity contribution in [1.82, 2.24) is 5.32 Å². The quantitative estimate of drug-likeness (QED) is 0.0328. The van der Waals surface area contributed by atoms with Crippen molar-refractivity contribution in [2.24, 2.45) is 0 Å². The number of carbonyl (C=O) groups is 1. The summed E-state index contributed by atoms with van der Waals surface area (Å²) in [6, 6.07) is -0.801. The first kappa shape index (κ1) is 45.0.